The van der Waals surface area contributed by atoms with Gasteiger partial charge in [-0.3, -0.25) is 4.79 Å². The first kappa shape index (κ1) is 18.2. The van der Waals surface area contributed by atoms with Crippen molar-refractivity contribution in [2.45, 2.75) is 20.8 Å². The molecule has 0 bridgehead atoms. The lowest BCUT2D eigenvalue weighted by Crippen LogP contribution is -2.13. The van der Waals surface area contributed by atoms with Crippen molar-refractivity contribution in [1.82, 2.24) is 9.78 Å². The highest BCUT2D eigenvalue weighted by atomic mass is 16.1. The molecule has 1 aromatic rings. The van der Waals surface area contributed by atoms with E-state index in [0.717, 1.165) is 22.5 Å². The van der Waals surface area contributed by atoms with Gasteiger partial charge in [0.15, 0.2) is 5.69 Å². The molecule has 2 N–H and O–H groups in total. The van der Waals surface area contributed by atoms with Crippen molar-refractivity contribution in [3.63, 3.8) is 0 Å². The second kappa shape index (κ2) is 8.54. The van der Waals surface area contributed by atoms with Crippen LogP contribution >= 0.6 is 0 Å². The highest BCUT2D eigenvalue weighted by Crippen LogP contribution is 2.26. The molecule has 0 aliphatic heterocycles. The number of nitrogens with zero attached hydrogens (tertiary/aromatic N) is 2. The van der Waals surface area contributed by atoms with Gasteiger partial charge in [0.05, 0.1) is 11.4 Å². The molecule has 1 heterocycles. The predicted octanol–water partition coefficient (Wildman–Crippen LogP) is 4.04. The van der Waals surface area contributed by atoms with Crippen LogP contribution in [0.25, 0.3) is 11.3 Å². The largest absolute Gasteiger partial charge is 0.364 e. The van der Waals surface area contributed by atoms with Crippen molar-refractivity contribution in [3.8, 4) is 0 Å². The summed E-state index contributed by atoms with van der Waals surface area (Å²) < 4.78 is 1.70. The van der Waals surface area contributed by atoms with Crippen LogP contribution in [0.4, 0.5) is 0 Å². The van der Waals surface area contributed by atoms with Gasteiger partial charge in [-0.05, 0) is 32.9 Å². The van der Waals surface area contributed by atoms with Crippen molar-refractivity contribution in [1.29, 1.82) is 0 Å². The average Bonchev–Trinajstić information content (AvgIpc) is 2.84. The summed E-state index contributed by atoms with van der Waals surface area (Å²) in [5, 5.41) is 4.40. The van der Waals surface area contributed by atoms with E-state index in [0.29, 0.717) is 0 Å². The first-order valence-corrected chi connectivity index (χ1v) is 7.32. The van der Waals surface area contributed by atoms with Gasteiger partial charge in [0.25, 0.3) is 5.91 Å². The lowest BCUT2D eigenvalue weighted by Gasteiger charge is -2.10. The van der Waals surface area contributed by atoms with Gasteiger partial charge in [0.1, 0.15) is 0 Å². The molecular formula is C19H23N3O. The number of hydrogen-bond acceptors (Lipinski definition) is 2. The van der Waals surface area contributed by atoms with E-state index in [-0.39, 0.29) is 5.69 Å². The zero-order valence-electron chi connectivity index (χ0n) is 13.9. The van der Waals surface area contributed by atoms with Crippen molar-refractivity contribution in [2.24, 2.45) is 5.73 Å². The van der Waals surface area contributed by atoms with Gasteiger partial charge >= 0.3 is 0 Å². The second-order valence-electron chi connectivity index (χ2n) is 4.78. The summed E-state index contributed by atoms with van der Waals surface area (Å²) in [5.41, 5.74) is 8.90. The minimum Gasteiger partial charge on any atom is -0.364 e. The molecule has 0 atom stereocenters. The third-order valence-corrected chi connectivity index (χ3v) is 3.14. The van der Waals surface area contributed by atoms with E-state index in [1.54, 1.807) is 16.8 Å². The lowest BCUT2D eigenvalue weighted by atomic mass is 10.1. The molecule has 0 aliphatic carbocycles. The third-order valence-electron chi connectivity index (χ3n) is 3.14. The fraction of sp³-hybridized carbons (Fsp3) is 0.158. The van der Waals surface area contributed by atoms with Crippen LogP contribution in [-0.4, -0.2) is 15.7 Å². The zero-order valence-corrected chi connectivity index (χ0v) is 13.9. The van der Waals surface area contributed by atoms with Gasteiger partial charge < -0.3 is 5.73 Å². The van der Waals surface area contributed by atoms with Crippen molar-refractivity contribution in [3.05, 3.63) is 78.7 Å². The monoisotopic (exact) mass is 309 g/mol. The Bertz CT molecular complexity index is 728. The maximum atomic E-state index is 11.7. The molecule has 0 unspecified atom stereocenters. The number of rotatable bonds is 7. The first-order chi connectivity index (χ1) is 11.0. The van der Waals surface area contributed by atoms with Crippen LogP contribution in [0.3, 0.4) is 0 Å². The van der Waals surface area contributed by atoms with Crippen LogP contribution in [0.1, 0.15) is 35.6 Å². The van der Waals surface area contributed by atoms with Crippen LogP contribution in [0.15, 0.2) is 61.8 Å². The first-order valence-electron chi connectivity index (χ1n) is 7.32. The number of carbonyl (C=O) groups is 1. The molecule has 0 aromatic carbocycles. The Kier molecular flexibility index (Phi) is 6.74. The molecule has 0 spiro atoms. The van der Waals surface area contributed by atoms with E-state index >= 15 is 0 Å². The fourth-order valence-electron chi connectivity index (χ4n) is 2.26. The topological polar surface area (TPSA) is 60.9 Å². The SMILES string of the molecule is C=C/C=C(\C=C/C)c1c(C)c(C(N)=O)nn1C(/C=C\C)=C/C=C. The van der Waals surface area contributed by atoms with E-state index in [1.165, 1.54) is 0 Å². The minimum atomic E-state index is -0.556. The number of aromatic nitrogens is 2. The maximum Gasteiger partial charge on any atom is 0.269 e. The van der Waals surface area contributed by atoms with Gasteiger partial charge in [0, 0.05) is 11.1 Å². The van der Waals surface area contributed by atoms with Crippen LogP contribution in [0.2, 0.25) is 0 Å². The number of allylic oxidation sites excluding steroid dienone is 10. The third kappa shape index (κ3) is 4.07. The van der Waals surface area contributed by atoms with Gasteiger partial charge in [-0.25, -0.2) is 4.68 Å². The number of nitrogens with two attached hydrogens (primary N) is 1. The summed E-state index contributed by atoms with van der Waals surface area (Å²) in [6, 6.07) is 0. The highest BCUT2D eigenvalue weighted by Gasteiger charge is 2.20. The Hall–Kier alpha value is -2.88. The molecule has 1 aromatic heterocycles. The van der Waals surface area contributed by atoms with E-state index in [4.69, 9.17) is 5.73 Å². The van der Waals surface area contributed by atoms with Crippen LogP contribution in [0, 0.1) is 6.92 Å². The van der Waals surface area contributed by atoms with Crippen LogP contribution < -0.4 is 5.73 Å². The van der Waals surface area contributed by atoms with E-state index in [9.17, 15) is 4.79 Å². The molecule has 1 rings (SSSR count). The van der Waals surface area contributed by atoms with Gasteiger partial charge in [0.2, 0.25) is 0 Å². The Labute approximate surface area is 137 Å². The molecule has 0 aliphatic rings. The molecular weight excluding hydrogens is 286 g/mol. The van der Waals surface area contributed by atoms with E-state index < -0.39 is 5.91 Å². The van der Waals surface area contributed by atoms with E-state index in [2.05, 4.69) is 18.3 Å². The van der Waals surface area contributed by atoms with Crippen molar-refractivity contribution >= 4 is 17.2 Å². The highest BCUT2D eigenvalue weighted by molar-refractivity contribution is 5.94. The zero-order chi connectivity index (χ0) is 17.4. The van der Waals surface area contributed by atoms with Gasteiger partial charge in [-0.2, -0.15) is 5.10 Å². The van der Waals surface area contributed by atoms with Gasteiger partial charge in [-0.15, -0.1) is 0 Å². The summed E-state index contributed by atoms with van der Waals surface area (Å²) in [7, 11) is 0. The minimum absolute atomic E-state index is 0.249. The Morgan fingerprint density at radius 3 is 2.22 bits per heavy atom. The summed E-state index contributed by atoms with van der Waals surface area (Å²) in [4.78, 5) is 11.7. The molecule has 4 heteroatoms. The van der Waals surface area contributed by atoms with Crippen molar-refractivity contribution in [2.75, 3.05) is 0 Å². The standard InChI is InChI=1S/C19H23N3O/c1-6-10-15(11-7-2)18-14(5)17(19(20)23)21-22(18)16(12-8-3)13-9-4/h6-13H,1,3H2,2,4-5H3,(H2,20,23)/b11-7-,13-9-,15-10+,16-12+. The summed E-state index contributed by atoms with van der Waals surface area (Å²) in [5.74, 6) is -0.556. The van der Waals surface area contributed by atoms with E-state index in [1.807, 2.05) is 57.2 Å². The Morgan fingerprint density at radius 2 is 1.74 bits per heavy atom. The molecule has 0 fully saturated rings. The quantitative estimate of drug-likeness (QED) is 0.773. The normalized spacial score (nSPS) is 13.0. The smallest absolute Gasteiger partial charge is 0.269 e. The summed E-state index contributed by atoms with van der Waals surface area (Å²) in [6.45, 7) is 13.2. The fourth-order valence-corrected chi connectivity index (χ4v) is 2.26. The number of primary amides is 1. The predicted molar refractivity (Wildman–Crippen MR) is 97.8 cm³/mol. The Balaban J connectivity index is 3.81. The Morgan fingerprint density at radius 1 is 1.13 bits per heavy atom. The molecule has 120 valence electrons. The molecule has 0 saturated heterocycles. The number of hydrogen-bond donors (Lipinski definition) is 1. The molecule has 4 nitrogen and oxygen atoms in total. The second-order valence-corrected chi connectivity index (χ2v) is 4.78. The molecule has 0 saturated carbocycles. The van der Waals surface area contributed by atoms with Crippen LogP contribution in [0.5, 0.6) is 0 Å². The lowest BCUT2D eigenvalue weighted by molar-refractivity contribution is 0.0994. The average molecular weight is 309 g/mol. The summed E-state index contributed by atoms with van der Waals surface area (Å²) >= 11 is 0. The maximum absolute atomic E-state index is 11.7. The molecule has 23 heavy (non-hydrogen) atoms. The van der Waals surface area contributed by atoms with Gasteiger partial charge in [-0.1, -0.05) is 49.6 Å². The number of carbonyl (C=O) groups excluding carboxylic acids is 1. The summed E-state index contributed by atoms with van der Waals surface area (Å²) in [6.07, 6.45) is 14.7. The molecule has 1 amide bonds. The van der Waals surface area contributed by atoms with Crippen LogP contribution in [-0.2, 0) is 0 Å². The number of amides is 1. The van der Waals surface area contributed by atoms with Crippen molar-refractivity contribution < 1.29 is 4.79 Å². The molecule has 0 radical (unpaired) electrons.